The Kier molecular flexibility index (Phi) is 10.2. The third kappa shape index (κ3) is 7.65. The van der Waals surface area contributed by atoms with Gasteiger partial charge in [-0.05, 0) is 97.1 Å². The zero-order valence-corrected chi connectivity index (χ0v) is 28.5. The number of hydrogen-bond acceptors (Lipinski definition) is 6. The summed E-state index contributed by atoms with van der Waals surface area (Å²) >= 11 is 5.68. The Balaban J connectivity index is 0.000000164. The first-order valence-corrected chi connectivity index (χ1v) is 17.1. The van der Waals surface area contributed by atoms with Crippen LogP contribution in [0.1, 0.15) is 11.6 Å². The molecule has 1 amide bonds. The number of nitrogens with zero attached hydrogens (tertiary/aromatic N) is 5. The van der Waals surface area contributed by atoms with E-state index in [1.54, 1.807) is 53.4 Å². The van der Waals surface area contributed by atoms with E-state index in [1.165, 1.54) is 48.5 Å². The van der Waals surface area contributed by atoms with Crippen LogP contribution in [0.4, 0.5) is 40.6 Å². The van der Waals surface area contributed by atoms with E-state index in [4.69, 9.17) is 21.6 Å². The summed E-state index contributed by atoms with van der Waals surface area (Å²) in [6.45, 7) is 3.70. The average molecular weight is 729 g/mol. The fourth-order valence-electron chi connectivity index (χ4n) is 6.11. The zero-order valence-electron chi connectivity index (χ0n) is 27.7. The second-order valence-electron chi connectivity index (χ2n) is 12.2. The predicted molar refractivity (Wildman–Crippen MR) is 192 cm³/mol. The maximum absolute atomic E-state index is 13.4. The molecule has 0 aliphatic carbocycles. The monoisotopic (exact) mass is 728 g/mol. The molecule has 0 radical (unpaired) electrons. The molecule has 0 bridgehead atoms. The number of aromatic nitrogens is 4. The number of fused-ring (bicyclic) bond motifs is 2. The van der Waals surface area contributed by atoms with Crippen molar-refractivity contribution in [2.75, 3.05) is 29.6 Å². The number of nitrogens with one attached hydrogen (secondary N) is 3. The number of benzene rings is 4. The number of anilines is 4. The Morgan fingerprint density at radius 3 is 1.56 bits per heavy atom. The lowest BCUT2D eigenvalue weighted by Gasteiger charge is -2.28. The summed E-state index contributed by atoms with van der Waals surface area (Å²) in [6.07, 6.45) is 0. The Hall–Kier alpha value is -5.66. The Morgan fingerprint density at radius 1 is 0.635 bits per heavy atom. The average Bonchev–Trinajstić information content (AvgIpc) is 3.71. The predicted octanol–water partition coefficient (Wildman–Crippen LogP) is 7.83. The van der Waals surface area contributed by atoms with Crippen LogP contribution >= 0.6 is 11.6 Å². The number of carbonyl (C=O) groups excluding carboxylic acids is 1. The molecule has 0 saturated heterocycles. The van der Waals surface area contributed by atoms with Crippen molar-refractivity contribution in [1.29, 1.82) is 0 Å². The van der Waals surface area contributed by atoms with E-state index in [9.17, 15) is 22.4 Å². The second kappa shape index (κ2) is 15.3. The first-order valence-electron chi connectivity index (χ1n) is 16.6. The van der Waals surface area contributed by atoms with Gasteiger partial charge in [0.1, 0.15) is 63.8 Å². The molecule has 6 aromatic rings. The summed E-state index contributed by atoms with van der Waals surface area (Å²) in [7, 11) is 0. The fraction of sp³-hybridized carbons (Fsp3) is 0.184. The first kappa shape index (κ1) is 34.8. The third-order valence-corrected chi connectivity index (χ3v) is 8.96. The van der Waals surface area contributed by atoms with Crippen LogP contribution < -0.4 is 16.0 Å². The highest BCUT2D eigenvalue weighted by Crippen LogP contribution is 2.34. The number of imidazole rings is 2. The van der Waals surface area contributed by atoms with Gasteiger partial charge < -0.3 is 30.0 Å². The molecule has 3 N–H and O–H groups in total. The number of hydrogen-bond donors (Lipinski definition) is 3. The van der Waals surface area contributed by atoms with Crippen LogP contribution in [-0.4, -0.2) is 48.9 Å². The summed E-state index contributed by atoms with van der Waals surface area (Å²) < 4.78 is 57.1. The summed E-state index contributed by atoms with van der Waals surface area (Å²) in [5.41, 5.74) is 4.45. The minimum Gasteiger partial charge on any atom is -0.340 e. The van der Waals surface area contributed by atoms with E-state index in [1.807, 2.05) is 4.57 Å². The lowest BCUT2D eigenvalue weighted by Crippen LogP contribution is -2.39. The molecular formula is C38H33ClF4N8O. The van der Waals surface area contributed by atoms with Crippen LogP contribution in [0, 0.1) is 23.3 Å². The number of amides is 1. The van der Waals surface area contributed by atoms with Crippen LogP contribution in [0.3, 0.4) is 0 Å². The van der Waals surface area contributed by atoms with E-state index in [0.29, 0.717) is 49.2 Å². The van der Waals surface area contributed by atoms with Gasteiger partial charge in [0.25, 0.3) is 0 Å². The Morgan fingerprint density at radius 2 is 1.08 bits per heavy atom. The van der Waals surface area contributed by atoms with Gasteiger partial charge in [-0.3, -0.25) is 4.79 Å². The molecular weight excluding hydrogens is 696 g/mol. The molecule has 0 atom stereocenters. The molecule has 2 aliphatic heterocycles. The molecule has 0 spiro atoms. The molecule has 9 nitrogen and oxygen atoms in total. The van der Waals surface area contributed by atoms with Crippen molar-refractivity contribution < 1.29 is 22.4 Å². The first-order chi connectivity index (χ1) is 25.2. The standard InChI is InChI=1S/C20H17ClF2N4O.C18H16F2N4/c21-11-18(28)26-9-10-27-17(12-26)25-19(13-1-3-14(22)4-2-13)20(27)24-16-7-5-15(23)6-8-16;19-13-3-1-12(2-4-13)17-18(22-15-7-5-14(20)6-8-15)24-10-9-21-11-16(24)23-17/h1-8,24H,9-12H2;1-8,21-22H,9-11H2. The van der Waals surface area contributed by atoms with Gasteiger partial charge in [0.15, 0.2) is 0 Å². The van der Waals surface area contributed by atoms with E-state index < -0.39 is 0 Å². The van der Waals surface area contributed by atoms with E-state index in [2.05, 4.69) is 20.5 Å². The Labute approximate surface area is 301 Å². The second-order valence-corrected chi connectivity index (χ2v) is 12.4. The van der Waals surface area contributed by atoms with Crippen LogP contribution in [0.25, 0.3) is 22.5 Å². The summed E-state index contributed by atoms with van der Waals surface area (Å²) in [6, 6.07) is 24.5. The maximum Gasteiger partial charge on any atom is 0.237 e. The Bertz CT molecular complexity index is 2170. The molecule has 4 aromatic carbocycles. The topological polar surface area (TPSA) is 92.0 Å². The van der Waals surface area contributed by atoms with Gasteiger partial charge in [-0.25, -0.2) is 27.5 Å². The number of alkyl halides is 1. The number of halogens is 5. The molecule has 2 aromatic heterocycles. The normalized spacial score (nSPS) is 13.4. The van der Waals surface area contributed by atoms with Crippen molar-refractivity contribution in [3.8, 4) is 22.5 Å². The molecule has 14 heteroatoms. The highest BCUT2D eigenvalue weighted by atomic mass is 35.5. The molecule has 52 heavy (non-hydrogen) atoms. The molecule has 0 saturated carbocycles. The van der Waals surface area contributed by atoms with E-state index in [-0.39, 0.29) is 35.1 Å². The molecule has 2 aliphatic rings. The van der Waals surface area contributed by atoms with Crippen molar-refractivity contribution >= 4 is 40.5 Å². The zero-order chi connectivity index (χ0) is 36.2. The van der Waals surface area contributed by atoms with Gasteiger partial charge in [0.05, 0.1) is 13.1 Å². The van der Waals surface area contributed by atoms with Gasteiger partial charge in [-0.2, -0.15) is 0 Å². The summed E-state index contributed by atoms with van der Waals surface area (Å²) in [5.74, 6) is 1.74. The van der Waals surface area contributed by atoms with Crippen LogP contribution in [0.15, 0.2) is 97.1 Å². The highest BCUT2D eigenvalue weighted by molar-refractivity contribution is 6.27. The van der Waals surface area contributed by atoms with Crippen LogP contribution in [-0.2, 0) is 31.0 Å². The van der Waals surface area contributed by atoms with Gasteiger partial charge >= 0.3 is 0 Å². The SMILES string of the molecule is Fc1ccc(Nc2c(-c3ccc(F)cc3)nc3n2CCNC3)cc1.O=C(CCl)N1CCn2c(nc(-c3ccc(F)cc3)c2Nc2ccc(F)cc2)C1. The van der Waals surface area contributed by atoms with Crippen LogP contribution in [0.2, 0.25) is 0 Å². The van der Waals surface area contributed by atoms with Crippen molar-refractivity contribution in [3.63, 3.8) is 0 Å². The summed E-state index contributed by atoms with van der Waals surface area (Å²) in [5, 5.41) is 9.92. The van der Waals surface area contributed by atoms with Crippen molar-refractivity contribution in [2.45, 2.75) is 26.2 Å². The molecule has 0 unspecified atom stereocenters. The quantitative estimate of drug-likeness (QED) is 0.115. The van der Waals surface area contributed by atoms with E-state index >= 15 is 0 Å². The van der Waals surface area contributed by atoms with Gasteiger partial charge in [-0.1, -0.05) is 0 Å². The van der Waals surface area contributed by atoms with Crippen molar-refractivity contribution in [3.05, 3.63) is 132 Å². The largest absolute Gasteiger partial charge is 0.340 e. The van der Waals surface area contributed by atoms with E-state index in [0.717, 1.165) is 47.2 Å². The smallest absolute Gasteiger partial charge is 0.237 e. The van der Waals surface area contributed by atoms with Gasteiger partial charge in [0, 0.05) is 48.7 Å². The lowest BCUT2D eigenvalue weighted by atomic mass is 10.1. The highest BCUT2D eigenvalue weighted by Gasteiger charge is 2.27. The fourth-order valence-corrected chi connectivity index (χ4v) is 6.28. The summed E-state index contributed by atoms with van der Waals surface area (Å²) in [4.78, 5) is 23.0. The van der Waals surface area contributed by atoms with Gasteiger partial charge in [0.2, 0.25) is 5.91 Å². The van der Waals surface area contributed by atoms with Crippen molar-refractivity contribution in [1.82, 2.24) is 29.3 Å². The maximum atomic E-state index is 13.4. The third-order valence-electron chi connectivity index (χ3n) is 8.73. The minimum absolute atomic E-state index is 0.0772. The molecule has 266 valence electrons. The molecule has 0 fully saturated rings. The van der Waals surface area contributed by atoms with Crippen LogP contribution in [0.5, 0.6) is 0 Å². The molecule has 4 heterocycles. The molecule has 8 rings (SSSR count). The minimum atomic E-state index is -0.334. The van der Waals surface area contributed by atoms with Crippen molar-refractivity contribution in [2.24, 2.45) is 0 Å². The number of carbonyl (C=O) groups is 1. The lowest BCUT2D eigenvalue weighted by molar-refractivity contribution is -0.129. The van der Waals surface area contributed by atoms with Gasteiger partial charge in [-0.15, -0.1) is 11.6 Å². The number of rotatable bonds is 7.